The van der Waals surface area contributed by atoms with Gasteiger partial charge in [0.05, 0.1) is 17.4 Å². The van der Waals surface area contributed by atoms with Crippen LogP contribution in [0.3, 0.4) is 0 Å². The first-order chi connectivity index (χ1) is 17.8. The lowest BCUT2D eigenvalue weighted by Crippen LogP contribution is -2.24. The minimum Gasteiger partial charge on any atom is -0.397 e. The number of aromatic nitrogens is 5. The number of nitrogens with two attached hydrogens (primary N) is 1. The highest BCUT2D eigenvalue weighted by atomic mass is 19.4. The number of hydrogen-bond acceptors (Lipinski definition) is 6. The minimum atomic E-state index is -5.16. The third kappa shape index (κ3) is 4.97. The Balaban J connectivity index is 2.14. The van der Waals surface area contributed by atoms with Crippen LogP contribution in [0.5, 0.6) is 0 Å². The van der Waals surface area contributed by atoms with E-state index in [-0.39, 0.29) is 39.1 Å². The van der Waals surface area contributed by atoms with Crippen LogP contribution in [0.4, 0.5) is 32.0 Å². The van der Waals surface area contributed by atoms with E-state index >= 15 is 0 Å². The number of aromatic amines is 2. The highest BCUT2D eigenvalue weighted by molar-refractivity contribution is 6.09. The molecule has 0 unspecified atom stereocenters. The fourth-order valence-electron chi connectivity index (χ4n) is 4.19. The molecule has 4 N–H and O–H groups in total. The lowest BCUT2D eigenvalue weighted by atomic mass is 9.90. The molecule has 3 heterocycles. The Bertz CT molecular complexity index is 1610. The molecular weight excluding hydrogens is 518 g/mol. The van der Waals surface area contributed by atoms with Gasteiger partial charge in [-0.1, -0.05) is 19.8 Å². The zero-order valence-corrected chi connectivity index (χ0v) is 19.7. The predicted molar refractivity (Wildman–Crippen MR) is 127 cm³/mol. The van der Waals surface area contributed by atoms with Crippen LogP contribution in [0.15, 0.2) is 40.3 Å². The van der Waals surface area contributed by atoms with E-state index in [1.165, 1.54) is 12.1 Å². The van der Waals surface area contributed by atoms with Crippen molar-refractivity contribution in [2.75, 3.05) is 5.73 Å². The Morgan fingerprint density at radius 3 is 2.18 bits per heavy atom. The van der Waals surface area contributed by atoms with Crippen LogP contribution in [0.25, 0.3) is 33.3 Å². The van der Waals surface area contributed by atoms with Crippen molar-refractivity contribution in [2.24, 2.45) is 0 Å². The second-order valence-corrected chi connectivity index (χ2v) is 8.49. The molecular formula is C24H20F6N6O2. The molecule has 0 saturated carbocycles. The molecule has 0 fully saturated rings. The van der Waals surface area contributed by atoms with Gasteiger partial charge in [0.25, 0.3) is 11.1 Å². The summed E-state index contributed by atoms with van der Waals surface area (Å²) in [6, 6.07) is 2.45. The number of alkyl halides is 6. The second kappa shape index (κ2) is 9.91. The van der Waals surface area contributed by atoms with E-state index in [1.54, 1.807) is 5.10 Å². The van der Waals surface area contributed by atoms with Crippen LogP contribution in [-0.4, -0.2) is 25.1 Å². The van der Waals surface area contributed by atoms with Gasteiger partial charge >= 0.3 is 12.4 Å². The van der Waals surface area contributed by atoms with Crippen LogP contribution in [-0.2, 0) is 18.8 Å². The SMILES string of the molecule is CCCCCc1[nH]c(=O)c2ccc(-c3ncc(C(F)(F)F)cn3)c(-c3cn[nH]c(=O)c3C(F)(F)F)c2c1N. The van der Waals surface area contributed by atoms with E-state index < -0.39 is 40.2 Å². The van der Waals surface area contributed by atoms with Gasteiger partial charge in [-0.05, 0) is 25.0 Å². The molecule has 38 heavy (non-hydrogen) atoms. The first-order valence-electron chi connectivity index (χ1n) is 11.4. The zero-order valence-electron chi connectivity index (χ0n) is 19.7. The molecule has 0 aliphatic carbocycles. The van der Waals surface area contributed by atoms with Crippen LogP contribution >= 0.6 is 0 Å². The predicted octanol–water partition coefficient (Wildman–Crippen LogP) is 5.09. The molecule has 0 radical (unpaired) electrons. The van der Waals surface area contributed by atoms with Crippen molar-refractivity contribution in [3.05, 3.63) is 68.3 Å². The van der Waals surface area contributed by atoms with Gasteiger partial charge in [-0.25, -0.2) is 15.1 Å². The number of unbranched alkanes of at least 4 members (excludes halogenated alkanes) is 2. The van der Waals surface area contributed by atoms with E-state index in [1.807, 2.05) is 6.92 Å². The molecule has 4 aromatic rings. The Hall–Kier alpha value is -4.23. The molecule has 1 aromatic carbocycles. The Labute approximate surface area is 210 Å². The maximum absolute atomic E-state index is 14.1. The molecule has 0 aliphatic heterocycles. The summed E-state index contributed by atoms with van der Waals surface area (Å²) in [5.74, 6) is -0.379. The van der Waals surface area contributed by atoms with Crippen molar-refractivity contribution in [1.29, 1.82) is 0 Å². The van der Waals surface area contributed by atoms with Crippen molar-refractivity contribution in [2.45, 2.75) is 45.0 Å². The van der Waals surface area contributed by atoms with Crippen LogP contribution in [0.1, 0.15) is 43.0 Å². The van der Waals surface area contributed by atoms with Crippen molar-refractivity contribution in [3.63, 3.8) is 0 Å². The summed E-state index contributed by atoms with van der Waals surface area (Å²) in [5, 5.41) is 5.02. The molecule has 0 amide bonds. The zero-order chi connectivity index (χ0) is 27.8. The number of anilines is 1. The highest BCUT2D eigenvalue weighted by Crippen LogP contribution is 2.43. The number of H-pyrrole nitrogens is 2. The summed E-state index contributed by atoms with van der Waals surface area (Å²) in [6.07, 6.45) is -5.63. The summed E-state index contributed by atoms with van der Waals surface area (Å²) in [5.41, 5.74) is 0.341. The molecule has 0 spiro atoms. The second-order valence-electron chi connectivity index (χ2n) is 8.49. The van der Waals surface area contributed by atoms with E-state index in [0.29, 0.717) is 25.2 Å². The number of nitrogens with one attached hydrogen (secondary N) is 2. The molecule has 0 aliphatic rings. The van der Waals surface area contributed by atoms with Gasteiger partial charge in [0.2, 0.25) is 0 Å². The lowest BCUT2D eigenvalue weighted by molar-refractivity contribution is -0.139. The lowest BCUT2D eigenvalue weighted by Gasteiger charge is -2.19. The van der Waals surface area contributed by atoms with Gasteiger partial charge in [-0.3, -0.25) is 9.59 Å². The summed E-state index contributed by atoms with van der Waals surface area (Å²) < 4.78 is 81.4. The molecule has 3 aromatic heterocycles. The number of hydrogen-bond donors (Lipinski definition) is 3. The quantitative estimate of drug-likeness (QED) is 0.232. The Morgan fingerprint density at radius 2 is 1.58 bits per heavy atom. The van der Waals surface area contributed by atoms with Crippen molar-refractivity contribution < 1.29 is 26.3 Å². The molecule has 200 valence electrons. The number of pyridine rings is 1. The number of nitrogens with zero attached hydrogens (tertiary/aromatic N) is 3. The van der Waals surface area contributed by atoms with E-state index in [0.717, 1.165) is 19.0 Å². The monoisotopic (exact) mass is 538 g/mol. The van der Waals surface area contributed by atoms with Crippen LogP contribution in [0, 0.1) is 0 Å². The number of aryl methyl sites for hydroxylation is 1. The van der Waals surface area contributed by atoms with Gasteiger partial charge in [-0.15, -0.1) is 0 Å². The summed E-state index contributed by atoms with van der Waals surface area (Å²) in [6.45, 7) is 1.96. The number of nitrogen functional groups attached to an aromatic ring is 1. The maximum atomic E-state index is 14.1. The maximum Gasteiger partial charge on any atom is 0.422 e. The first kappa shape index (κ1) is 26.8. The summed E-state index contributed by atoms with van der Waals surface area (Å²) >= 11 is 0. The van der Waals surface area contributed by atoms with Gasteiger partial charge in [0, 0.05) is 45.6 Å². The average molecular weight is 538 g/mol. The molecule has 8 nitrogen and oxygen atoms in total. The van der Waals surface area contributed by atoms with Crippen LogP contribution in [0.2, 0.25) is 0 Å². The first-order valence-corrected chi connectivity index (χ1v) is 11.4. The third-order valence-electron chi connectivity index (χ3n) is 5.97. The Kier molecular flexibility index (Phi) is 7.00. The van der Waals surface area contributed by atoms with Crippen LogP contribution < -0.4 is 16.9 Å². The van der Waals surface area contributed by atoms with Gasteiger partial charge < -0.3 is 10.7 Å². The molecule has 14 heteroatoms. The topological polar surface area (TPSA) is 130 Å². The minimum absolute atomic E-state index is 0.0483. The largest absolute Gasteiger partial charge is 0.422 e. The molecule has 4 rings (SSSR count). The standard InChI is InChI=1S/C24H20F6N6O2/c1-2-3-4-5-15-19(31)17-13(21(37)35-15)7-6-12(20-32-8-11(9-33-20)23(25,26)27)16(17)14-10-34-36-22(38)18(14)24(28,29)30/h6-10H,2-5,31H2,1H3,(H,35,37)(H,36,38). The Morgan fingerprint density at radius 1 is 0.895 bits per heavy atom. The summed E-state index contributed by atoms with van der Waals surface area (Å²) in [7, 11) is 0. The van der Waals surface area contributed by atoms with Gasteiger partial charge in [0.15, 0.2) is 5.82 Å². The fourth-order valence-corrected chi connectivity index (χ4v) is 4.19. The number of fused-ring (bicyclic) bond motifs is 1. The highest BCUT2D eigenvalue weighted by Gasteiger charge is 2.39. The van der Waals surface area contributed by atoms with Crippen molar-refractivity contribution in [3.8, 4) is 22.5 Å². The van der Waals surface area contributed by atoms with E-state index in [4.69, 9.17) is 5.73 Å². The smallest absolute Gasteiger partial charge is 0.397 e. The van der Waals surface area contributed by atoms with Crippen molar-refractivity contribution >= 4 is 16.5 Å². The van der Waals surface area contributed by atoms with E-state index in [9.17, 15) is 35.9 Å². The number of rotatable bonds is 6. The van der Waals surface area contributed by atoms with Crippen molar-refractivity contribution in [1.82, 2.24) is 25.1 Å². The van der Waals surface area contributed by atoms with Gasteiger partial charge in [0.1, 0.15) is 5.56 Å². The number of benzene rings is 1. The number of halogens is 6. The van der Waals surface area contributed by atoms with Gasteiger partial charge in [-0.2, -0.15) is 31.4 Å². The van der Waals surface area contributed by atoms with E-state index in [2.05, 4.69) is 20.1 Å². The third-order valence-corrected chi connectivity index (χ3v) is 5.97. The summed E-state index contributed by atoms with van der Waals surface area (Å²) in [4.78, 5) is 35.3. The fraction of sp³-hybridized carbons (Fsp3) is 0.292. The molecule has 0 atom stereocenters. The molecule has 0 bridgehead atoms. The average Bonchev–Trinajstić information content (AvgIpc) is 2.85. The molecule has 0 saturated heterocycles. The normalized spacial score (nSPS) is 12.3.